The molecule has 0 heterocycles. The van der Waals surface area contributed by atoms with Crippen molar-refractivity contribution < 1.29 is 0 Å². The fourth-order valence-electron chi connectivity index (χ4n) is 0. The van der Waals surface area contributed by atoms with Crippen molar-refractivity contribution in [2.24, 2.45) is 0 Å². The zero-order chi connectivity index (χ0) is 0. The van der Waals surface area contributed by atoms with Crippen LogP contribution in [-0.2, 0) is 0 Å². The Kier molecular flexibility index (Phi) is 131. The second-order valence-corrected chi connectivity index (χ2v) is 0. The molecular formula is H11AsBiPTe. The molecule has 4 heavy (non-hydrogen) atoms. The van der Waals surface area contributed by atoms with Gasteiger partial charge in [0.1, 0.15) is 0 Å². The molecule has 32 valence electrons. The molecule has 0 aliphatic carbocycles. The minimum absolute atomic E-state index is 0. The molecule has 0 spiro atoms. The Morgan fingerprint density at radius 1 is 1.00 bits per heavy atom. The van der Waals surface area contributed by atoms with Gasteiger partial charge in [-0.3, -0.25) is 0 Å². The molecule has 0 aromatic rings. The van der Waals surface area contributed by atoms with Crippen LogP contribution < -0.4 is 0 Å². The van der Waals surface area contributed by atoms with Crippen LogP contribution >= 0.6 is 9.90 Å². The average molecular weight is 454 g/mol. The van der Waals surface area contributed by atoms with Gasteiger partial charge < -0.3 is 0 Å². The first-order chi connectivity index (χ1) is 0. The number of hydrogen-bond acceptors (Lipinski definition) is 0. The Hall–Kier alpha value is 2.66. The summed E-state index contributed by atoms with van der Waals surface area (Å²) in [7, 11) is 0. The van der Waals surface area contributed by atoms with Crippen LogP contribution in [0.15, 0.2) is 0 Å². The van der Waals surface area contributed by atoms with Gasteiger partial charge in [-0.25, -0.2) is 0 Å². The standard InChI is InChI=1S/AsH3.Bi.H3P.H2Te.3H/h1H3;;1H3;1H2;;;. The predicted molar refractivity (Wildman–Crippen MR) is 39.5 cm³/mol. The minimum atomic E-state index is 0. The van der Waals surface area contributed by atoms with Crippen molar-refractivity contribution in [3.8, 4) is 0 Å². The van der Waals surface area contributed by atoms with E-state index >= 15 is 0 Å². The summed E-state index contributed by atoms with van der Waals surface area (Å²) in [4.78, 5) is 0. The fraction of sp³-hybridized carbons (Fsp3) is 0. The van der Waals surface area contributed by atoms with Crippen LogP contribution in [0.25, 0.3) is 0 Å². The molecule has 4 heteroatoms. The van der Waals surface area contributed by atoms with E-state index in [-0.39, 0.29) is 77.7 Å². The third kappa shape index (κ3) is 8.82. The average Bonchev–Trinajstić information content (AvgIpc) is 0. The molecule has 0 fully saturated rings. The van der Waals surface area contributed by atoms with E-state index in [1.54, 1.807) is 0 Å². The summed E-state index contributed by atoms with van der Waals surface area (Å²) in [6.45, 7) is 0. The van der Waals surface area contributed by atoms with E-state index in [0.29, 0.717) is 0 Å². The van der Waals surface area contributed by atoms with Crippen LogP contribution in [0.2, 0.25) is 0 Å². The van der Waals surface area contributed by atoms with E-state index in [0.717, 1.165) is 0 Å². The summed E-state index contributed by atoms with van der Waals surface area (Å²) < 4.78 is 0. The van der Waals surface area contributed by atoms with Crippen LogP contribution in [0.4, 0.5) is 0 Å². The van der Waals surface area contributed by atoms with Gasteiger partial charge in [0.05, 0.1) is 0 Å². The molecule has 0 amide bonds. The van der Waals surface area contributed by atoms with Crippen molar-refractivity contribution in [3.05, 3.63) is 0 Å². The normalized spacial score (nSPS) is 0. The van der Waals surface area contributed by atoms with Gasteiger partial charge >= 0.3 is 67.8 Å². The fourth-order valence-corrected chi connectivity index (χ4v) is 0. The van der Waals surface area contributed by atoms with Crippen molar-refractivity contribution in [2.75, 3.05) is 0 Å². The monoisotopic (exact) mass is 456 g/mol. The number of rotatable bonds is 0. The van der Waals surface area contributed by atoms with Crippen LogP contribution in [0.3, 0.4) is 0 Å². The molecule has 0 aliphatic heterocycles. The summed E-state index contributed by atoms with van der Waals surface area (Å²) >= 11 is 0. The summed E-state index contributed by atoms with van der Waals surface area (Å²) in [6.07, 6.45) is 0. The SMILES string of the molecule is P.[AsH3].[BiH3].[TeH2]. The molecule has 0 bridgehead atoms. The van der Waals surface area contributed by atoms with Gasteiger partial charge in [0.15, 0.2) is 0 Å². The second kappa shape index (κ2) is 17.4. The molecule has 0 rings (SSSR count). The van der Waals surface area contributed by atoms with E-state index in [9.17, 15) is 0 Å². The molecule has 0 nitrogen and oxygen atoms in total. The molecular weight excluding hydrogens is 442 g/mol. The Bertz CT molecular complexity index is 8.00. The van der Waals surface area contributed by atoms with E-state index in [2.05, 4.69) is 0 Å². The molecule has 0 aromatic carbocycles. The first kappa shape index (κ1) is 30.1. The Morgan fingerprint density at radius 2 is 1.00 bits per heavy atom. The Labute approximate surface area is 76.7 Å². The van der Waals surface area contributed by atoms with Crippen LogP contribution in [0.5, 0.6) is 0 Å². The van der Waals surface area contributed by atoms with E-state index in [1.165, 1.54) is 0 Å². The van der Waals surface area contributed by atoms with Gasteiger partial charge in [-0.05, 0) is 0 Å². The van der Waals surface area contributed by atoms with Crippen molar-refractivity contribution >= 4 is 77.7 Å². The van der Waals surface area contributed by atoms with Gasteiger partial charge in [-0.15, -0.1) is 0 Å². The first-order valence-corrected chi connectivity index (χ1v) is 0. The third-order valence-electron chi connectivity index (χ3n) is 0. The zero-order valence-electron chi connectivity index (χ0n) is 2.62. The first-order valence-electron chi connectivity index (χ1n) is 0. The quantitative estimate of drug-likeness (QED) is 0.268. The zero-order valence-corrected chi connectivity index (χ0v) is 15.4. The van der Waals surface area contributed by atoms with Gasteiger partial charge in [0.2, 0.25) is 0 Å². The Morgan fingerprint density at radius 3 is 1.00 bits per heavy atom. The van der Waals surface area contributed by atoms with E-state index < -0.39 is 0 Å². The molecule has 0 aromatic heterocycles. The molecule has 0 radical (unpaired) electrons. The van der Waals surface area contributed by atoms with Crippen molar-refractivity contribution in [1.29, 1.82) is 0 Å². The summed E-state index contributed by atoms with van der Waals surface area (Å²) in [5, 5.41) is 0. The number of hydrogen-bond donors (Lipinski definition) is 0. The summed E-state index contributed by atoms with van der Waals surface area (Å²) in [6, 6.07) is 0. The molecule has 0 saturated heterocycles. The summed E-state index contributed by atoms with van der Waals surface area (Å²) in [5.41, 5.74) is 0. The van der Waals surface area contributed by atoms with E-state index in [4.69, 9.17) is 0 Å². The topological polar surface area (TPSA) is 0 Å². The maximum absolute atomic E-state index is 0. The van der Waals surface area contributed by atoms with Gasteiger partial charge in [0, 0.05) is 0 Å². The molecule has 0 N–H and O–H groups in total. The summed E-state index contributed by atoms with van der Waals surface area (Å²) in [5.74, 6) is 0. The second-order valence-electron chi connectivity index (χ2n) is 0. The molecule has 2 atom stereocenters. The van der Waals surface area contributed by atoms with Gasteiger partial charge in [0.25, 0.3) is 0 Å². The molecule has 0 aliphatic rings. The Balaban J connectivity index is 0. The van der Waals surface area contributed by atoms with Crippen LogP contribution in [0, 0.1) is 0 Å². The van der Waals surface area contributed by atoms with Crippen molar-refractivity contribution in [3.63, 3.8) is 0 Å². The predicted octanol–water partition coefficient (Wildman–Crippen LogP) is -3.23. The van der Waals surface area contributed by atoms with Crippen LogP contribution in [-0.4, -0.2) is 67.8 Å². The van der Waals surface area contributed by atoms with Gasteiger partial charge in [-0.1, -0.05) is 0 Å². The molecule has 0 saturated carbocycles. The van der Waals surface area contributed by atoms with E-state index in [1.807, 2.05) is 0 Å². The molecule has 2 unspecified atom stereocenters. The maximum atomic E-state index is 0. The van der Waals surface area contributed by atoms with Crippen LogP contribution in [0.1, 0.15) is 0 Å². The van der Waals surface area contributed by atoms with Crippen molar-refractivity contribution in [1.82, 2.24) is 0 Å². The van der Waals surface area contributed by atoms with Gasteiger partial charge in [-0.2, -0.15) is 9.90 Å². The third-order valence-corrected chi connectivity index (χ3v) is 0. The van der Waals surface area contributed by atoms with Crippen molar-refractivity contribution in [2.45, 2.75) is 0 Å².